The normalized spacial score (nSPS) is 23.5. The molecular formula is C27H35N3O4. The van der Waals surface area contributed by atoms with Gasteiger partial charge >= 0.3 is 6.09 Å². The number of rotatable bonds is 4. The number of carbonyl (C=O) groups excluding carboxylic acids is 3. The van der Waals surface area contributed by atoms with Gasteiger partial charge in [-0.2, -0.15) is 0 Å². The van der Waals surface area contributed by atoms with Gasteiger partial charge in [-0.1, -0.05) is 32.9 Å². The molecule has 1 aromatic heterocycles. The number of aryl methyl sites for hydroxylation is 1. The molecule has 2 heterocycles. The van der Waals surface area contributed by atoms with Crippen LogP contribution in [0.2, 0.25) is 0 Å². The van der Waals surface area contributed by atoms with E-state index in [2.05, 4.69) is 31.4 Å². The molecule has 1 saturated heterocycles. The van der Waals surface area contributed by atoms with Crippen molar-refractivity contribution in [1.29, 1.82) is 0 Å². The first-order valence-corrected chi connectivity index (χ1v) is 12.3. The minimum absolute atomic E-state index is 0.175. The molecule has 2 aromatic rings. The van der Waals surface area contributed by atoms with Gasteiger partial charge in [0.15, 0.2) is 0 Å². The molecule has 3 amide bonds. The molecular weight excluding hydrogens is 430 g/mol. The zero-order valence-corrected chi connectivity index (χ0v) is 20.6. The Hall–Kier alpha value is -2.96. The van der Waals surface area contributed by atoms with E-state index in [1.807, 2.05) is 31.2 Å². The number of ether oxygens (including phenoxy) is 1. The van der Waals surface area contributed by atoms with Crippen LogP contribution in [0.3, 0.4) is 0 Å². The van der Waals surface area contributed by atoms with Crippen LogP contribution >= 0.6 is 0 Å². The average molecular weight is 466 g/mol. The lowest BCUT2D eigenvalue weighted by Crippen LogP contribution is -2.39. The molecule has 2 aliphatic rings. The highest BCUT2D eigenvalue weighted by molar-refractivity contribution is 6.01. The number of benzene rings is 1. The Balaban J connectivity index is 1.35. The summed E-state index contributed by atoms with van der Waals surface area (Å²) in [6.45, 7) is 8.91. The number of imide groups is 1. The molecule has 182 valence electrons. The molecule has 0 radical (unpaired) electrons. The van der Waals surface area contributed by atoms with E-state index >= 15 is 0 Å². The summed E-state index contributed by atoms with van der Waals surface area (Å²) in [4.78, 5) is 40.8. The molecule has 0 bridgehead atoms. The summed E-state index contributed by atoms with van der Waals surface area (Å²) in [7, 11) is 0. The maximum Gasteiger partial charge on any atom is 0.407 e. The second-order valence-corrected chi connectivity index (χ2v) is 10.8. The van der Waals surface area contributed by atoms with E-state index in [1.165, 1.54) is 0 Å². The first-order chi connectivity index (χ1) is 16.1. The summed E-state index contributed by atoms with van der Waals surface area (Å²) in [5, 5.41) is 6.35. The number of hydrogen-bond donors (Lipinski definition) is 2. The molecule has 1 saturated carbocycles. The highest BCUT2D eigenvalue weighted by atomic mass is 16.5. The third kappa shape index (κ3) is 5.57. The summed E-state index contributed by atoms with van der Waals surface area (Å²) in [5.74, 6) is -0.146. The molecule has 2 N–H and O–H groups in total. The summed E-state index contributed by atoms with van der Waals surface area (Å²) >= 11 is 0. The Bertz CT molecular complexity index is 1100. The lowest BCUT2D eigenvalue weighted by molar-refractivity contribution is -0.134. The molecule has 2 fully saturated rings. The van der Waals surface area contributed by atoms with Crippen molar-refractivity contribution < 1.29 is 19.1 Å². The highest BCUT2D eigenvalue weighted by Crippen LogP contribution is 2.37. The molecule has 1 aliphatic heterocycles. The smallest absolute Gasteiger partial charge is 0.407 e. The Morgan fingerprint density at radius 1 is 1.12 bits per heavy atom. The SMILES string of the molecule is Cc1nc2cc(COC(=O)NC3CCC(C(C)(C)C)CC3)ccc2cc1C1CCC(=O)NC1=O. The van der Waals surface area contributed by atoms with Crippen molar-refractivity contribution in [3.63, 3.8) is 0 Å². The summed E-state index contributed by atoms with van der Waals surface area (Å²) in [5.41, 5.74) is 3.58. The van der Waals surface area contributed by atoms with Gasteiger partial charge in [0.25, 0.3) is 0 Å². The van der Waals surface area contributed by atoms with Crippen molar-refractivity contribution in [2.45, 2.75) is 84.8 Å². The van der Waals surface area contributed by atoms with Gasteiger partial charge < -0.3 is 10.1 Å². The third-order valence-electron chi connectivity index (χ3n) is 7.37. The minimum atomic E-state index is -0.378. The van der Waals surface area contributed by atoms with E-state index in [-0.39, 0.29) is 36.5 Å². The van der Waals surface area contributed by atoms with E-state index in [0.29, 0.717) is 24.2 Å². The van der Waals surface area contributed by atoms with Crippen molar-refractivity contribution >= 4 is 28.8 Å². The van der Waals surface area contributed by atoms with Gasteiger partial charge in [-0.3, -0.25) is 19.9 Å². The molecule has 0 spiro atoms. The first kappa shape index (κ1) is 24.2. The van der Waals surface area contributed by atoms with Gasteiger partial charge in [0, 0.05) is 23.5 Å². The van der Waals surface area contributed by atoms with E-state index in [9.17, 15) is 14.4 Å². The number of hydrogen-bond acceptors (Lipinski definition) is 5. The largest absolute Gasteiger partial charge is 0.445 e. The van der Waals surface area contributed by atoms with E-state index < -0.39 is 0 Å². The topological polar surface area (TPSA) is 97.4 Å². The number of fused-ring (bicyclic) bond motifs is 1. The quantitative estimate of drug-likeness (QED) is 0.626. The molecule has 4 rings (SSSR count). The maximum atomic E-state index is 12.3. The van der Waals surface area contributed by atoms with Crippen LogP contribution in [-0.2, 0) is 20.9 Å². The predicted molar refractivity (Wildman–Crippen MR) is 130 cm³/mol. The molecule has 1 aliphatic carbocycles. The van der Waals surface area contributed by atoms with Crippen LogP contribution in [0.15, 0.2) is 24.3 Å². The van der Waals surface area contributed by atoms with Gasteiger partial charge in [0.05, 0.1) is 11.4 Å². The third-order valence-corrected chi connectivity index (χ3v) is 7.37. The van der Waals surface area contributed by atoms with E-state index in [4.69, 9.17) is 9.72 Å². The minimum Gasteiger partial charge on any atom is -0.445 e. The van der Waals surface area contributed by atoms with Gasteiger partial charge in [0.2, 0.25) is 11.8 Å². The summed E-state index contributed by atoms with van der Waals surface area (Å²) < 4.78 is 5.48. The highest BCUT2D eigenvalue weighted by Gasteiger charge is 2.31. The Morgan fingerprint density at radius 3 is 2.53 bits per heavy atom. The fraction of sp³-hybridized carbons (Fsp3) is 0.556. The predicted octanol–water partition coefficient (Wildman–Crippen LogP) is 4.89. The number of nitrogens with zero attached hydrogens (tertiary/aromatic N) is 1. The van der Waals surface area contributed by atoms with Crippen molar-refractivity contribution in [1.82, 2.24) is 15.6 Å². The van der Waals surface area contributed by atoms with Crippen molar-refractivity contribution in [3.8, 4) is 0 Å². The monoisotopic (exact) mass is 465 g/mol. The molecule has 1 unspecified atom stereocenters. The number of piperidine rings is 1. The zero-order chi connectivity index (χ0) is 24.5. The van der Waals surface area contributed by atoms with Crippen molar-refractivity contribution in [2.75, 3.05) is 0 Å². The fourth-order valence-corrected chi connectivity index (χ4v) is 5.22. The lowest BCUT2D eigenvalue weighted by atomic mass is 9.71. The van der Waals surface area contributed by atoms with E-state index in [1.54, 1.807) is 0 Å². The lowest BCUT2D eigenvalue weighted by Gasteiger charge is -2.37. The van der Waals surface area contributed by atoms with Gasteiger partial charge in [0.1, 0.15) is 6.61 Å². The zero-order valence-electron chi connectivity index (χ0n) is 20.6. The Morgan fingerprint density at radius 2 is 1.85 bits per heavy atom. The van der Waals surface area contributed by atoms with Gasteiger partial charge in [-0.15, -0.1) is 0 Å². The number of carbonyl (C=O) groups is 3. The molecule has 1 atom stereocenters. The van der Waals surface area contributed by atoms with Crippen LogP contribution in [0.25, 0.3) is 10.9 Å². The number of nitrogens with one attached hydrogen (secondary N) is 2. The Labute approximate surface area is 201 Å². The van der Waals surface area contributed by atoms with Crippen LogP contribution in [0.1, 0.15) is 82.0 Å². The standard InChI is InChI=1S/C27H35N3O4/c1-16-22(21-11-12-24(31)30-25(21)32)14-18-6-5-17(13-23(18)28-16)15-34-26(33)29-20-9-7-19(8-10-20)27(2,3)4/h5-6,13-14,19-21H,7-12,15H2,1-4H3,(H,29,33)(H,30,31,32). The van der Waals surface area contributed by atoms with Crippen LogP contribution < -0.4 is 10.6 Å². The first-order valence-electron chi connectivity index (χ1n) is 12.3. The van der Waals surface area contributed by atoms with E-state index in [0.717, 1.165) is 53.4 Å². The Kier molecular flexibility index (Phi) is 6.91. The van der Waals surface area contributed by atoms with Gasteiger partial charge in [-0.25, -0.2) is 4.79 Å². The van der Waals surface area contributed by atoms with Crippen molar-refractivity contribution in [3.05, 3.63) is 41.1 Å². The van der Waals surface area contributed by atoms with Gasteiger partial charge in [-0.05, 0) is 73.6 Å². The maximum absolute atomic E-state index is 12.3. The van der Waals surface area contributed by atoms with Crippen LogP contribution in [0.5, 0.6) is 0 Å². The average Bonchev–Trinajstić information content (AvgIpc) is 2.77. The summed E-state index contributed by atoms with van der Waals surface area (Å²) in [6, 6.07) is 7.91. The van der Waals surface area contributed by atoms with Crippen molar-refractivity contribution in [2.24, 2.45) is 11.3 Å². The second-order valence-electron chi connectivity index (χ2n) is 10.8. The van der Waals surface area contributed by atoms with Crippen LogP contribution in [-0.4, -0.2) is 28.9 Å². The number of alkyl carbamates (subject to hydrolysis) is 1. The number of aromatic nitrogens is 1. The molecule has 7 heteroatoms. The molecule has 7 nitrogen and oxygen atoms in total. The number of amides is 3. The molecule has 34 heavy (non-hydrogen) atoms. The van der Waals surface area contributed by atoms with Crippen LogP contribution in [0, 0.1) is 18.3 Å². The van der Waals surface area contributed by atoms with Crippen LogP contribution in [0.4, 0.5) is 4.79 Å². The second kappa shape index (κ2) is 9.72. The fourth-order valence-electron chi connectivity index (χ4n) is 5.22. The number of pyridine rings is 1. The molecule has 1 aromatic carbocycles. The summed E-state index contributed by atoms with van der Waals surface area (Å²) in [6.07, 6.45) is 4.70.